The third-order valence-electron chi connectivity index (χ3n) is 12.4. The van der Waals surface area contributed by atoms with Crippen molar-refractivity contribution in [2.75, 3.05) is 0 Å². The summed E-state index contributed by atoms with van der Waals surface area (Å²) >= 11 is 12.7. The highest BCUT2D eigenvalue weighted by Crippen LogP contribution is 2.53. The second-order valence-electron chi connectivity index (χ2n) is 15.8. The van der Waals surface area contributed by atoms with E-state index in [-0.39, 0.29) is 5.41 Å². The standard InChI is InChI=1S/C55H36Cl2/c1-55(2)49-31-35(53-45-15-7-3-11-41(45)51(33-19-25-37(56)26-20-33)42-12-4-8-16-46(42)53)23-29-39(49)40-30-24-36(32-50(40)55)54-47-17-9-5-13-43(47)52(34-21-27-38(57)28-22-34)44-14-6-10-18-48(44)54/h3-32H,1-2H3. The minimum absolute atomic E-state index is 0.222. The Bertz CT molecular complexity index is 2930. The lowest BCUT2D eigenvalue weighted by Crippen LogP contribution is -2.15. The van der Waals surface area contributed by atoms with Crippen LogP contribution in [0.3, 0.4) is 0 Å². The molecule has 0 aliphatic heterocycles. The fraction of sp³-hybridized carbons (Fsp3) is 0.0545. The highest BCUT2D eigenvalue weighted by atomic mass is 35.5. The van der Waals surface area contributed by atoms with Gasteiger partial charge in [-0.15, -0.1) is 0 Å². The summed E-state index contributed by atoms with van der Waals surface area (Å²) < 4.78 is 0. The van der Waals surface area contributed by atoms with Gasteiger partial charge in [-0.05, 0) is 146 Å². The summed E-state index contributed by atoms with van der Waals surface area (Å²) in [5.41, 5.74) is 14.9. The van der Waals surface area contributed by atoms with Gasteiger partial charge in [0.05, 0.1) is 0 Å². The van der Waals surface area contributed by atoms with Crippen molar-refractivity contribution in [1.82, 2.24) is 0 Å². The summed E-state index contributed by atoms with van der Waals surface area (Å²) in [7, 11) is 0. The zero-order valence-electron chi connectivity index (χ0n) is 31.6. The van der Waals surface area contributed by atoms with Gasteiger partial charge in [-0.1, -0.05) is 183 Å². The van der Waals surface area contributed by atoms with Crippen LogP contribution in [0.25, 0.3) is 98.7 Å². The second-order valence-corrected chi connectivity index (χ2v) is 16.7. The average molecular weight is 768 g/mol. The number of rotatable bonds is 4. The van der Waals surface area contributed by atoms with E-state index >= 15 is 0 Å². The largest absolute Gasteiger partial charge is 0.0843 e. The van der Waals surface area contributed by atoms with Crippen molar-refractivity contribution in [3.05, 3.63) is 203 Å². The first-order valence-electron chi connectivity index (χ1n) is 19.6. The van der Waals surface area contributed by atoms with Gasteiger partial charge >= 0.3 is 0 Å². The lowest BCUT2D eigenvalue weighted by Gasteiger charge is -2.24. The van der Waals surface area contributed by atoms with Crippen molar-refractivity contribution < 1.29 is 0 Å². The van der Waals surface area contributed by atoms with Crippen LogP contribution in [-0.4, -0.2) is 0 Å². The summed E-state index contributed by atoms with van der Waals surface area (Å²) in [6, 6.07) is 66.3. The Morgan fingerprint density at radius 1 is 0.298 bits per heavy atom. The summed E-state index contributed by atoms with van der Waals surface area (Å²) in [5.74, 6) is 0. The van der Waals surface area contributed by atoms with Crippen molar-refractivity contribution in [3.63, 3.8) is 0 Å². The molecule has 2 heteroatoms. The molecule has 0 radical (unpaired) electrons. The van der Waals surface area contributed by atoms with E-state index in [0.717, 1.165) is 10.0 Å². The van der Waals surface area contributed by atoms with Gasteiger partial charge in [-0.25, -0.2) is 0 Å². The summed E-state index contributed by atoms with van der Waals surface area (Å²) in [6.07, 6.45) is 0. The van der Waals surface area contributed by atoms with Crippen molar-refractivity contribution in [2.24, 2.45) is 0 Å². The van der Waals surface area contributed by atoms with Crippen LogP contribution in [0.1, 0.15) is 25.0 Å². The van der Waals surface area contributed by atoms with Crippen LogP contribution >= 0.6 is 23.2 Å². The van der Waals surface area contributed by atoms with E-state index in [1.54, 1.807) is 0 Å². The molecule has 11 rings (SSSR count). The third-order valence-corrected chi connectivity index (χ3v) is 12.9. The van der Waals surface area contributed by atoms with Crippen LogP contribution < -0.4 is 0 Å². The highest BCUT2D eigenvalue weighted by Gasteiger charge is 2.36. The molecule has 0 unspecified atom stereocenters. The molecule has 0 N–H and O–H groups in total. The molecule has 270 valence electrons. The van der Waals surface area contributed by atoms with E-state index in [1.165, 1.54) is 110 Å². The number of benzene rings is 10. The van der Waals surface area contributed by atoms with Crippen molar-refractivity contribution >= 4 is 66.3 Å². The van der Waals surface area contributed by atoms with Gasteiger partial charge in [0.25, 0.3) is 0 Å². The molecule has 1 aliphatic carbocycles. The van der Waals surface area contributed by atoms with Gasteiger partial charge in [0.15, 0.2) is 0 Å². The average Bonchev–Trinajstić information content (AvgIpc) is 3.47. The molecule has 10 aromatic rings. The van der Waals surface area contributed by atoms with Gasteiger partial charge in [0.1, 0.15) is 0 Å². The molecule has 0 bridgehead atoms. The molecule has 0 atom stereocenters. The minimum atomic E-state index is -0.222. The summed E-state index contributed by atoms with van der Waals surface area (Å²) in [6.45, 7) is 4.79. The Labute approximate surface area is 342 Å². The number of halogens is 2. The summed E-state index contributed by atoms with van der Waals surface area (Å²) in [4.78, 5) is 0. The van der Waals surface area contributed by atoms with E-state index in [9.17, 15) is 0 Å². The van der Waals surface area contributed by atoms with Gasteiger partial charge in [-0.2, -0.15) is 0 Å². The monoisotopic (exact) mass is 766 g/mol. The van der Waals surface area contributed by atoms with E-state index < -0.39 is 0 Å². The van der Waals surface area contributed by atoms with Crippen LogP contribution in [0.15, 0.2) is 182 Å². The molecule has 0 amide bonds. The van der Waals surface area contributed by atoms with Gasteiger partial charge < -0.3 is 0 Å². The molecule has 57 heavy (non-hydrogen) atoms. The zero-order chi connectivity index (χ0) is 38.4. The smallest absolute Gasteiger partial charge is 0.0406 e. The molecule has 0 fully saturated rings. The number of hydrogen-bond acceptors (Lipinski definition) is 0. The lowest BCUT2D eigenvalue weighted by atomic mass is 9.79. The first-order valence-corrected chi connectivity index (χ1v) is 20.3. The van der Waals surface area contributed by atoms with E-state index in [4.69, 9.17) is 23.2 Å². The molecular weight excluding hydrogens is 732 g/mol. The van der Waals surface area contributed by atoms with E-state index in [1.807, 2.05) is 24.3 Å². The zero-order valence-corrected chi connectivity index (χ0v) is 33.1. The predicted octanol–water partition coefficient (Wildman–Crippen LogP) is 16.6. The number of fused-ring (bicyclic) bond motifs is 7. The highest BCUT2D eigenvalue weighted by molar-refractivity contribution is 6.31. The van der Waals surface area contributed by atoms with Crippen LogP contribution in [0, 0.1) is 0 Å². The van der Waals surface area contributed by atoms with Crippen LogP contribution in [0.5, 0.6) is 0 Å². The van der Waals surface area contributed by atoms with Crippen LogP contribution in [0.2, 0.25) is 10.0 Å². The second kappa shape index (κ2) is 12.9. The molecule has 10 aromatic carbocycles. The molecule has 0 aromatic heterocycles. The number of hydrogen-bond donors (Lipinski definition) is 0. The van der Waals surface area contributed by atoms with Crippen LogP contribution in [0.4, 0.5) is 0 Å². The Balaban J connectivity index is 1.09. The Kier molecular flexibility index (Phi) is 7.74. The van der Waals surface area contributed by atoms with Gasteiger partial charge in [0.2, 0.25) is 0 Å². The molecule has 0 saturated heterocycles. The Morgan fingerprint density at radius 3 is 0.825 bits per heavy atom. The maximum atomic E-state index is 6.36. The van der Waals surface area contributed by atoms with Crippen molar-refractivity contribution in [3.8, 4) is 55.6 Å². The molecule has 1 aliphatic rings. The maximum Gasteiger partial charge on any atom is 0.0406 e. The molecule has 0 spiro atoms. The first-order chi connectivity index (χ1) is 27.9. The predicted molar refractivity (Wildman–Crippen MR) is 246 cm³/mol. The molecule has 0 saturated carbocycles. The van der Waals surface area contributed by atoms with Crippen LogP contribution in [-0.2, 0) is 5.41 Å². The Hall–Kier alpha value is -6.18. The third kappa shape index (κ3) is 5.21. The summed E-state index contributed by atoms with van der Waals surface area (Å²) in [5, 5.41) is 11.4. The molecule has 0 heterocycles. The minimum Gasteiger partial charge on any atom is -0.0843 e. The van der Waals surface area contributed by atoms with Gasteiger partial charge in [0, 0.05) is 15.5 Å². The first kappa shape index (κ1) is 34.1. The van der Waals surface area contributed by atoms with Crippen molar-refractivity contribution in [1.29, 1.82) is 0 Å². The molecule has 0 nitrogen and oxygen atoms in total. The van der Waals surface area contributed by atoms with Crippen molar-refractivity contribution in [2.45, 2.75) is 19.3 Å². The quantitative estimate of drug-likeness (QED) is 0.157. The van der Waals surface area contributed by atoms with E-state index in [2.05, 4.69) is 172 Å². The lowest BCUT2D eigenvalue weighted by molar-refractivity contribution is 0.661. The SMILES string of the molecule is CC1(C)c2cc(-c3c4ccccc4c(-c4ccc(Cl)cc4)c4ccccc34)ccc2-c2ccc(-c3c4ccccc4c(-c4ccc(Cl)cc4)c4ccccc34)cc21. The van der Waals surface area contributed by atoms with E-state index in [0.29, 0.717) is 0 Å². The van der Waals surface area contributed by atoms with Gasteiger partial charge in [-0.3, -0.25) is 0 Å². The fourth-order valence-electron chi connectivity index (χ4n) is 9.78. The maximum absolute atomic E-state index is 6.36. The normalized spacial score (nSPS) is 13.1. The molecular formula is C55H36Cl2. The Morgan fingerprint density at radius 2 is 0.544 bits per heavy atom. The fourth-order valence-corrected chi connectivity index (χ4v) is 10.0. The topological polar surface area (TPSA) is 0 Å².